The minimum Gasteiger partial charge on any atom is -0.383 e. The van der Waals surface area contributed by atoms with E-state index >= 15 is 0 Å². The van der Waals surface area contributed by atoms with E-state index in [0.29, 0.717) is 36.7 Å². The fraction of sp³-hybridized carbons (Fsp3) is 0.250. The number of carbonyl (C=O) groups excluding carboxylic acids is 1. The van der Waals surface area contributed by atoms with Crippen LogP contribution in [-0.4, -0.2) is 55.5 Å². The lowest BCUT2D eigenvalue weighted by atomic mass is 10.1. The van der Waals surface area contributed by atoms with Crippen molar-refractivity contribution in [2.45, 2.75) is 27.2 Å². The van der Waals surface area contributed by atoms with E-state index in [1.165, 1.54) is 11.1 Å². The number of rotatable bonds is 9. The number of nitrogens with one attached hydrogen (secondary N) is 2. The molecule has 0 aliphatic rings. The number of amides is 1. The molecular formula is C28H30N8O. The van der Waals surface area contributed by atoms with Crippen LogP contribution >= 0.6 is 0 Å². The lowest BCUT2D eigenvalue weighted by molar-refractivity contribution is 0.0762. The first-order chi connectivity index (χ1) is 18.0. The zero-order valence-electron chi connectivity index (χ0n) is 21.3. The van der Waals surface area contributed by atoms with Crippen LogP contribution in [0, 0.1) is 13.8 Å². The van der Waals surface area contributed by atoms with Crippen molar-refractivity contribution >= 4 is 39.8 Å². The topological polar surface area (TPSA) is 100 Å². The molecule has 188 valence electrons. The van der Waals surface area contributed by atoms with Gasteiger partial charge in [-0.2, -0.15) is 4.52 Å². The molecule has 0 fully saturated rings. The highest BCUT2D eigenvalue weighted by Crippen LogP contribution is 2.23. The van der Waals surface area contributed by atoms with Gasteiger partial charge in [-0.05, 0) is 78.7 Å². The van der Waals surface area contributed by atoms with Gasteiger partial charge in [-0.25, -0.2) is 4.98 Å². The molecule has 2 aromatic heterocycles. The van der Waals surface area contributed by atoms with Crippen molar-refractivity contribution in [2.24, 2.45) is 0 Å². The van der Waals surface area contributed by atoms with E-state index < -0.39 is 0 Å². The van der Waals surface area contributed by atoms with Crippen LogP contribution in [0.2, 0.25) is 0 Å². The van der Waals surface area contributed by atoms with Crippen LogP contribution in [-0.2, 0) is 0 Å². The number of aryl methyl sites for hydroxylation is 2. The number of hydrogen-bond acceptors (Lipinski definition) is 7. The summed E-state index contributed by atoms with van der Waals surface area (Å²) in [7, 11) is 0. The molecule has 5 rings (SSSR count). The molecule has 0 aliphatic heterocycles. The number of hydrogen-bond donors (Lipinski definition) is 2. The van der Waals surface area contributed by atoms with Crippen LogP contribution in [0.4, 0.5) is 17.2 Å². The molecule has 0 bridgehead atoms. The molecular weight excluding hydrogens is 464 g/mol. The van der Waals surface area contributed by atoms with Gasteiger partial charge < -0.3 is 15.5 Å². The Morgan fingerprint density at radius 2 is 1.81 bits per heavy atom. The van der Waals surface area contributed by atoms with Crippen molar-refractivity contribution < 1.29 is 4.79 Å². The highest BCUT2D eigenvalue weighted by atomic mass is 16.2. The average Bonchev–Trinajstić information content (AvgIpc) is 3.40. The molecule has 0 atom stereocenters. The first-order valence-corrected chi connectivity index (χ1v) is 12.5. The molecule has 0 saturated carbocycles. The van der Waals surface area contributed by atoms with Crippen LogP contribution in [0.5, 0.6) is 0 Å². The number of benzene rings is 3. The normalized spacial score (nSPS) is 11.1. The summed E-state index contributed by atoms with van der Waals surface area (Å²) in [5, 5.41) is 18.8. The van der Waals surface area contributed by atoms with Gasteiger partial charge in [-0.15, -0.1) is 5.10 Å². The number of anilines is 3. The zero-order valence-corrected chi connectivity index (χ0v) is 21.3. The van der Waals surface area contributed by atoms with Crippen LogP contribution < -0.4 is 10.6 Å². The number of aromatic nitrogens is 5. The summed E-state index contributed by atoms with van der Waals surface area (Å²) in [6, 6.07) is 21.5. The zero-order chi connectivity index (χ0) is 25.8. The van der Waals surface area contributed by atoms with E-state index in [-0.39, 0.29) is 5.91 Å². The first kappa shape index (κ1) is 24.2. The third kappa shape index (κ3) is 5.20. The van der Waals surface area contributed by atoms with Crippen molar-refractivity contribution in [3.8, 4) is 0 Å². The van der Waals surface area contributed by atoms with Gasteiger partial charge in [0.2, 0.25) is 5.65 Å². The first-order valence-electron chi connectivity index (χ1n) is 12.5. The van der Waals surface area contributed by atoms with Gasteiger partial charge in [-0.1, -0.05) is 36.8 Å². The second-order valence-electron chi connectivity index (χ2n) is 9.10. The van der Waals surface area contributed by atoms with Gasteiger partial charge in [0.1, 0.15) is 0 Å². The molecule has 0 radical (unpaired) electrons. The molecule has 0 spiro atoms. The van der Waals surface area contributed by atoms with Crippen LogP contribution in [0.3, 0.4) is 0 Å². The third-order valence-electron chi connectivity index (χ3n) is 6.28. The molecule has 1 amide bonds. The standard InChI is InChI=1S/C28H30N8O/c1-4-16-35(17-15-29-23-14-9-19(2)18-20(23)3)28(37)21-10-12-22(13-11-21)30-26-27-32-33-34-36(27)25-8-6-5-7-24(25)31-26/h5-14,18,29H,4,15-17H2,1-3H3,(H,30,31). The second-order valence-corrected chi connectivity index (χ2v) is 9.10. The van der Waals surface area contributed by atoms with E-state index in [4.69, 9.17) is 4.98 Å². The predicted molar refractivity (Wildman–Crippen MR) is 146 cm³/mol. The van der Waals surface area contributed by atoms with Crippen LogP contribution in [0.1, 0.15) is 34.8 Å². The Morgan fingerprint density at radius 3 is 2.59 bits per heavy atom. The molecule has 9 heteroatoms. The molecule has 9 nitrogen and oxygen atoms in total. The molecule has 2 heterocycles. The Kier molecular flexibility index (Phi) is 6.93. The van der Waals surface area contributed by atoms with Gasteiger partial charge in [0.05, 0.1) is 11.0 Å². The maximum atomic E-state index is 13.3. The maximum absolute atomic E-state index is 13.3. The quantitative estimate of drug-likeness (QED) is 0.297. The summed E-state index contributed by atoms with van der Waals surface area (Å²) in [5.41, 5.74) is 7.13. The molecule has 2 N–H and O–H groups in total. The van der Waals surface area contributed by atoms with E-state index in [0.717, 1.165) is 28.8 Å². The number of nitrogens with zero attached hydrogens (tertiary/aromatic N) is 6. The van der Waals surface area contributed by atoms with E-state index in [1.54, 1.807) is 4.52 Å². The highest BCUT2D eigenvalue weighted by molar-refractivity contribution is 5.94. The predicted octanol–water partition coefficient (Wildman–Crippen LogP) is 5.00. The summed E-state index contributed by atoms with van der Waals surface area (Å²) in [4.78, 5) is 19.9. The summed E-state index contributed by atoms with van der Waals surface area (Å²) in [5.74, 6) is 0.566. The Balaban J connectivity index is 1.28. The molecule has 0 saturated heterocycles. The van der Waals surface area contributed by atoms with Crippen molar-refractivity contribution in [3.05, 3.63) is 83.4 Å². The van der Waals surface area contributed by atoms with Crippen LogP contribution in [0.25, 0.3) is 16.7 Å². The van der Waals surface area contributed by atoms with Crippen molar-refractivity contribution in [1.82, 2.24) is 29.9 Å². The number of tetrazole rings is 1. The minimum absolute atomic E-state index is 0.0173. The summed E-state index contributed by atoms with van der Waals surface area (Å²) < 4.78 is 1.66. The summed E-state index contributed by atoms with van der Waals surface area (Å²) in [6.07, 6.45) is 0.894. The number of para-hydroxylation sites is 2. The fourth-order valence-electron chi connectivity index (χ4n) is 4.43. The second kappa shape index (κ2) is 10.6. The third-order valence-corrected chi connectivity index (χ3v) is 6.28. The largest absolute Gasteiger partial charge is 0.383 e. The van der Waals surface area contributed by atoms with E-state index in [1.807, 2.05) is 53.4 Å². The fourth-order valence-corrected chi connectivity index (χ4v) is 4.43. The highest BCUT2D eigenvalue weighted by Gasteiger charge is 2.16. The molecule has 5 aromatic rings. The number of fused-ring (bicyclic) bond motifs is 3. The maximum Gasteiger partial charge on any atom is 0.253 e. The van der Waals surface area contributed by atoms with Crippen molar-refractivity contribution in [2.75, 3.05) is 30.3 Å². The Hall–Kier alpha value is -4.53. The lowest BCUT2D eigenvalue weighted by Gasteiger charge is -2.23. The molecule has 37 heavy (non-hydrogen) atoms. The van der Waals surface area contributed by atoms with E-state index in [2.05, 4.69) is 65.1 Å². The SMILES string of the molecule is CCCN(CCNc1ccc(C)cc1C)C(=O)c1ccc(Nc2nc3ccccc3n3nnnc23)cc1. The summed E-state index contributed by atoms with van der Waals surface area (Å²) >= 11 is 0. The van der Waals surface area contributed by atoms with Crippen LogP contribution in [0.15, 0.2) is 66.7 Å². The van der Waals surface area contributed by atoms with Gasteiger partial charge in [0.15, 0.2) is 5.82 Å². The van der Waals surface area contributed by atoms with Gasteiger partial charge >= 0.3 is 0 Å². The lowest BCUT2D eigenvalue weighted by Crippen LogP contribution is -2.35. The smallest absolute Gasteiger partial charge is 0.253 e. The monoisotopic (exact) mass is 494 g/mol. The Morgan fingerprint density at radius 1 is 1.00 bits per heavy atom. The van der Waals surface area contributed by atoms with Gasteiger partial charge in [-0.3, -0.25) is 4.79 Å². The average molecular weight is 495 g/mol. The minimum atomic E-state index is 0.0173. The molecule has 0 aliphatic carbocycles. The van der Waals surface area contributed by atoms with Crippen molar-refractivity contribution in [1.29, 1.82) is 0 Å². The Labute approximate surface area is 215 Å². The number of carbonyl (C=O) groups is 1. The van der Waals surface area contributed by atoms with E-state index in [9.17, 15) is 4.79 Å². The molecule has 0 unspecified atom stereocenters. The van der Waals surface area contributed by atoms with Crippen molar-refractivity contribution in [3.63, 3.8) is 0 Å². The molecule has 3 aromatic carbocycles. The summed E-state index contributed by atoms with van der Waals surface area (Å²) in [6.45, 7) is 8.28. The van der Waals surface area contributed by atoms with Gasteiger partial charge in [0, 0.05) is 36.6 Å². The Bertz CT molecular complexity index is 1540. The van der Waals surface area contributed by atoms with Gasteiger partial charge in [0.25, 0.3) is 5.91 Å².